The van der Waals surface area contributed by atoms with E-state index in [0.717, 1.165) is 93.0 Å². The maximum Gasteiger partial charge on any atom is 0.165 e. The minimum atomic E-state index is 0.626. The number of hydrogen-bond donors (Lipinski definition) is 0. The summed E-state index contributed by atoms with van der Waals surface area (Å²) in [5.41, 5.74) is 8.93. The van der Waals surface area contributed by atoms with Gasteiger partial charge >= 0.3 is 0 Å². The fraction of sp³-hybridized carbons (Fsp3) is 0. The highest BCUT2D eigenvalue weighted by Gasteiger charge is 2.27. The molecule has 0 radical (unpaired) electrons. The predicted octanol–water partition coefficient (Wildman–Crippen LogP) is 13.5. The molecule has 0 bridgehead atoms. The Balaban J connectivity index is 1.16. The highest BCUT2D eigenvalue weighted by Crippen LogP contribution is 2.48. The minimum absolute atomic E-state index is 0.626. The van der Waals surface area contributed by atoms with Gasteiger partial charge in [-0.1, -0.05) is 188 Å². The molecule has 9 aromatic carbocycles. The van der Waals surface area contributed by atoms with Gasteiger partial charge in [0.1, 0.15) is 0 Å². The molecule has 0 saturated carbocycles. The summed E-state index contributed by atoms with van der Waals surface area (Å²) in [4.78, 5) is 31.3. The fourth-order valence-electron chi connectivity index (χ4n) is 9.43. The number of benzene rings is 9. The second-order valence-electron chi connectivity index (χ2n) is 15.8. The number of hydrogen-bond acceptors (Lipinski definition) is 6. The number of rotatable bonds is 6. The molecular weight excluding hydrogens is 771 g/mol. The van der Waals surface area contributed by atoms with Crippen LogP contribution in [0.2, 0.25) is 0 Å². The molecule has 7 heteroatoms. The van der Waals surface area contributed by atoms with E-state index in [4.69, 9.17) is 29.9 Å². The Morgan fingerprint density at radius 2 is 0.571 bits per heavy atom. The van der Waals surface area contributed by atoms with Crippen molar-refractivity contribution in [3.63, 3.8) is 0 Å². The van der Waals surface area contributed by atoms with Crippen LogP contribution in [0, 0.1) is 0 Å². The zero-order valence-electron chi connectivity index (χ0n) is 33.7. The van der Waals surface area contributed by atoms with Gasteiger partial charge < -0.3 is 4.40 Å². The molecule has 0 aliphatic carbocycles. The summed E-state index contributed by atoms with van der Waals surface area (Å²) in [6.07, 6.45) is 0. The molecule has 13 rings (SSSR count). The predicted molar refractivity (Wildman–Crippen MR) is 255 cm³/mol. The molecule has 0 saturated heterocycles. The highest BCUT2D eigenvalue weighted by molar-refractivity contribution is 6.32. The van der Waals surface area contributed by atoms with E-state index in [1.807, 2.05) is 72.8 Å². The molecule has 0 fully saturated rings. The lowest BCUT2D eigenvalue weighted by atomic mass is 9.95. The first kappa shape index (κ1) is 35.1. The summed E-state index contributed by atoms with van der Waals surface area (Å²) in [6, 6.07) is 69.1. The Bertz CT molecular complexity index is 3520. The molecule has 0 atom stereocenters. The first-order chi connectivity index (χ1) is 31.2. The zero-order chi connectivity index (χ0) is 41.4. The van der Waals surface area contributed by atoms with Gasteiger partial charge in [0.25, 0.3) is 0 Å². The second kappa shape index (κ2) is 13.9. The molecule has 4 aromatic heterocycles. The maximum absolute atomic E-state index is 5.31. The van der Waals surface area contributed by atoms with Crippen molar-refractivity contribution in [1.82, 2.24) is 34.3 Å². The van der Waals surface area contributed by atoms with Crippen molar-refractivity contribution in [2.24, 2.45) is 0 Å². The van der Waals surface area contributed by atoms with E-state index in [-0.39, 0.29) is 0 Å². The van der Waals surface area contributed by atoms with Gasteiger partial charge in [-0.15, -0.1) is 0 Å². The molecule has 0 aliphatic rings. The van der Waals surface area contributed by atoms with Crippen molar-refractivity contribution in [1.29, 1.82) is 0 Å². The van der Waals surface area contributed by atoms with Gasteiger partial charge in [0.2, 0.25) is 0 Å². The van der Waals surface area contributed by atoms with Crippen LogP contribution in [-0.2, 0) is 0 Å². The van der Waals surface area contributed by atoms with Gasteiger partial charge in [0.05, 0.1) is 16.6 Å². The van der Waals surface area contributed by atoms with E-state index in [1.165, 1.54) is 0 Å². The SMILES string of the molecule is c1ccc(-c2nc(-c3ccccc3)nc(-c3c4ccccc4cc4c3c3cccc5c6c(-c7nc(-c8ccccc8)nc(-c8ccccc8)n7)c7ccccc7cc6n4c35)n2)cc1. The monoisotopic (exact) mass is 803 g/mol. The Labute approximate surface area is 361 Å². The molecule has 0 amide bonds. The summed E-state index contributed by atoms with van der Waals surface area (Å²) in [5.74, 6) is 3.75. The quantitative estimate of drug-likeness (QED) is 0.166. The van der Waals surface area contributed by atoms with Crippen LogP contribution < -0.4 is 0 Å². The van der Waals surface area contributed by atoms with Crippen LogP contribution >= 0.6 is 0 Å². The van der Waals surface area contributed by atoms with Gasteiger partial charge in [-0.2, -0.15) is 0 Å². The second-order valence-corrected chi connectivity index (χ2v) is 15.8. The van der Waals surface area contributed by atoms with Crippen molar-refractivity contribution >= 4 is 59.6 Å². The van der Waals surface area contributed by atoms with Crippen LogP contribution in [-0.4, -0.2) is 34.3 Å². The van der Waals surface area contributed by atoms with Crippen LogP contribution in [0.15, 0.2) is 200 Å². The summed E-state index contributed by atoms with van der Waals surface area (Å²) >= 11 is 0. The van der Waals surface area contributed by atoms with E-state index >= 15 is 0 Å². The molecular formula is C56H33N7. The summed E-state index contributed by atoms with van der Waals surface area (Å²) in [7, 11) is 0. The van der Waals surface area contributed by atoms with E-state index < -0.39 is 0 Å². The van der Waals surface area contributed by atoms with E-state index in [0.29, 0.717) is 34.9 Å². The molecule has 4 heterocycles. The van der Waals surface area contributed by atoms with Gasteiger partial charge in [0, 0.05) is 54.9 Å². The minimum Gasteiger partial charge on any atom is -0.308 e. The Kier molecular flexibility index (Phi) is 7.77. The first-order valence-electron chi connectivity index (χ1n) is 21.1. The lowest BCUT2D eigenvalue weighted by molar-refractivity contribution is 1.08. The molecule has 292 valence electrons. The molecule has 0 N–H and O–H groups in total. The van der Waals surface area contributed by atoms with Gasteiger partial charge in [-0.25, -0.2) is 29.9 Å². The molecule has 7 nitrogen and oxygen atoms in total. The molecule has 13 aromatic rings. The van der Waals surface area contributed by atoms with Crippen LogP contribution in [0.4, 0.5) is 0 Å². The van der Waals surface area contributed by atoms with Crippen molar-refractivity contribution in [3.8, 4) is 68.3 Å². The molecule has 0 aliphatic heterocycles. The van der Waals surface area contributed by atoms with Crippen LogP contribution in [0.1, 0.15) is 0 Å². The van der Waals surface area contributed by atoms with Crippen molar-refractivity contribution < 1.29 is 0 Å². The molecule has 0 spiro atoms. The lowest BCUT2D eigenvalue weighted by Gasteiger charge is -2.14. The van der Waals surface area contributed by atoms with Gasteiger partial charge in [0.15, 0.2) is 34.9 Å². The zero-order valence-corrected chi connectivity index (χ0v) is 33.7. The van der Waals surface area contributed by atoms with E-state index in [1.54, 1.807) is 0 Å². The average molecular weight is 804 g/mol. The van der Waals surface area contributed by atoms with Crippen molar-refractivity contribution in [3.05, 3.63) is 200 Å². The number of nitrogens with zero attached hydrogens (tertiary/aromatic N) is 7. The Morgan fingerprint density at radius 3 is 0.937 bits per heavy atom. The Hall–Kier alpha value is -8.68. The van der Waals surface area contributed by atoms with Crippen LogP contribution in [0.3, 0.4) is 0 Å². The molecule has 63 heavy (non-hydrogen) atoms. The number of para-hydroxylation sites is 1. The van der Waals surface area contributed by atoms with Crippen molar-refractivity contribution in [2.45, 2.75) is 0 Å². The summed E-state index contributed by atoms with van der Waals surface area (Å²) in [6.45, 7) is 0. The van der Waals surface area contributed by atoms with Crippen LogP contribution in [0.5, 0.6) is 0 Å². The first-order valence-corrected chi connectivity index (χ1v) is 21.1. The standard InChI is InChI=1S/C56H33N7/c1-5-18-34(19-6-1)51-57-52(35-20-7-2-8-21-35)60-55(59-51)48-40-28-15-13-26-38(40)32-44-46(48)42-30-17-31-43-47-45(63(44)50(42)43)33-39-27-14-16-29-41(39)49(47)56-61-53(36-22-9-3-10-23-36)58-54(62-56)37-24-11-4-12-25-37/h1-33H. The third kappa shape index (κ3) is 5.53. The third-order valence-electron chi connectivity index (χ3n) is 12.2. The highest BCUT2D eigenvalue weighted by atomic mass is 15.0. The number of aromatic nitrogens is 7. The maximum atomic E-state index is 5.31. The topological polar surface area (TPSA) is 81.8 Å². The van der Waals surface area contributed by atoms with Gasteiger partial charge in [-0.05, 0) is 33.7 Å². The summed E-state index contributed by atoms with van der Waals surface area (Å²) in [5, 5.41) is 8.74. The third-order valence-corrected chi connectivity index (χ3v) is 12.2. The Morgan fingerprint density at radius 1 is 0.270 bits per heavy atom. The van der Waals surface area contributed by atoms with E-state index in [9.17, 15) is 0 Å². The summed E-state index contributed by atoms with van der Waals surface area (Å²) < 4.78 is 2.44. The lowest BCUT2D eigenvalue weighted by Crippen LogP contribution is -2.01. The smallest absolute Gasteiger partial charge is 0.165 e. The normalized spacial score (nSPS) is 11.8. The number of fused-ring (bicyclic) bond motifs is 8. The van der Waals surface area contributed by atoms with Gasteiger partial charge in [-0.3, -0.25) is 0 Å². The largest absolute Gasteiger partial charge is 0.308 e. The average Bonchev–Trinajstić information content (AvgIpc) is 3.87. The molecule has 0 unspecified atom stereocenters. The van der Waals surface area contributed by atoms with Crippen LogP contribution in [0.25, 0.3) is 128 Å². The fourth-order valence-corrected chi connectivity index (χ4v) is 9.43. The van der Waals surface area contributed by atoms with E-state index in [2.05, 4.69) is 132 Å². The van der Waals surface area contributed by atoms with Crippen molar-refractivity contribution in [2.75, 3.05) is 0 Å².